The standard InChI is InChI=1S/C20H14O6/c1-2-24-20(23)18-8-12-7-11(3-6-16(12)26-18)15-10-25-17-9-13(21)4-5-14(17)19(15)22/h3-10,21H,2H2,1H3. The van der Waals surface area contributed by atoms with Crippen molar-refractivity contribution >= 4 is 27.9 Å². The molecule has 0 aliphatic carbocycles. The summed E-state index contributed by atoms with van der Waals surface area (Å²) >= 11 is 0. The van der Waals surface area contributed by atoms with E-state index in [1.54, 1.807) is 31.2 Å². The van der Waals surface area contributed by atoms with Gasteiger partial charge in [-0.2, -0.15) is 0 Å². The first-order chi connectivity index (χ1) is 12.6. The lowest BCUT2D eigenvalue weighted by Gasteiger charge is -2.03. The Kier molecular flexibility index (Phi) is 3.73. The molecule has 2 aromatic carbocycles. The number of hydrogen-bond donors (Lipinski definition) is 1. The first-order valence-corrected chi connectivity index (χ1v) is 8.02. The molecule has 2 heterocycles. The van der Waals surface area contributed by atoms with Crippen molar-refractivity contribution in [1.82, 2.24) is 0 Å². The quantitative estimate of drug-likeness (QED) is 0.560. The molecular weight excluding hydrogens is 336 g/mol. The van der Waals surface area contributed by atoms with Crippen molar-refractivity contribution in [2.75, 3.05) is 6.61 Å². The third kappa shape index (κ3) is 2.61. The number of aromatic hydroxyl groups is 1. The largest absolute Gasteiger partial charge is 0.508 e. The van der Waals surface area contributed by atoms with E-state index in [1.165, 1.54) is 24.5 Å². The van der Waals surface area contributed by atoms with Gasteiger partial charge in [0.2, 0.25) is 5.76 Å². The molecule has 0 fully saturated rings. The number of phenols is 1. The highest BCUT2D eigenvalue weighted by Crippen LogP contribution is 2.27. The Morgan fingerprint density at radius 3 is 2.77 bits per heavy atom. The third-order valence-corrected chi connectivity index (χ3v) is 4.06. The minimum atomic E-state index is -0.532. The van der Waals surface area contributed by atoms with Crippen LogP contribution in [0.1, 0.15) is 17.5 Å². The fourth-order valence-corrected chi connectivity index (χ4v) is 2.83. The Morgan fingerprint density at radius 2 is 1.96 bits per heavy atom. The van der Waals surface area contributed by atoms with Crippen LogP contribution in [0.2, 0.25) is 0 Å². The average Bonchev–Trinajstić information content (AvgIpc) is 3.05. The molecule has 0 spiro atoms. The van der Waals surface area contributed by atoms with Crippen LogP contribution >= 0.6 is 0 Å². The molecule has 0 amide bonds. The van der Waals surface area contributed by atoms with Crippen LogP contribution in [0.25, 0.3) is 33.1 Å². The fourth-order valence-electron chi connectivity index (χ4n) is 2.83. The second kappa shape index (κ2) is 6.07. The van der Waals surface area contributed by atoms with Crippen molar-refractivity contribution in [3.05, 3.63) is 64.7 Å². The predicted molar refractivity (Wildman–Crippen MR) is 95.3 cm³/mol. The zero-order chi connectivity index (χ0) is 18.3. The van der Waals surface area contributed by atoms with E-state index in [1.807, 2.05) is 0 Å². The number of esters is 1. The Balaban J connectivity index is 1.83. The molecule has 0 aliphatic rings. The van der Waals surface area contributed by atoms with Gasteiger partial charge in [0.25, 0.3) is 0 Å². The van der Waals surface area contributed by atoms with Crippen molar-refractivity contribution in [2.24, 2.45) is 0 Å². The van der Waals surface area contributed by atoms with Crippen molar-refractivity contribution in [1.29, 1.82) is 0 Å². The summed E-state index contributed by atoms with van der Waals surface area (Å²) in [4.78, 5) is 24.5. The van der Waals surface area contributed by atoms with Crippen molar-refractivity contribution < 1.29 is 23.5 Å². The molecule has 0 saturated carbocycles. The Bertz CT molecular complexity index is 1200. The molecule has 4 aromatic rings. The smallest absolute Gasteiger partial charge is 0.374 e. The lowest BCUT2D eigenvalue weighted by atomic mass is 10.0. The average molecular weight is 350 g/mol. The molecule has 0 bridgehead atoms. The van der Waals surface area contributed by atoms with Crippen LogP contribution in [-0.2, 0) is 4.74 Å². The summed E-state index contributed by atoms with van der Waals surface area (Å²) in [5.74, 6) is -0.394. The summed E-state index contributed by atoms with van der Waals surface area (Å²) in [6.45, 7) is 1.98. The van der Waals surface area contributed by atoms with Crippen molar-refractivity contribution in [3.63, 3.8) is 0 Å². The van der Waals surface area contributed by atoms with Crippen LogP contribution in [-0.4, -0.2) is 17.7 Å². The third-order valence-electron chi connectivity index (χ3n) is 4.06. The van der Waals surface area contributed by atoms with Crippen LogP contribution in [0.3, 0.4) is 0 Å². The molecule has 0 saturated heterocycles. The lowest BCUT2D eigenvalue weighted by molar-refractivity contribution is 0.0492. The van der Waals surface area contributed by atoms with Gasteiger partial charge in [-0.05, 0) is 42.8 Å². The molecule has 0 unspecified atom stereocenters. The van der Waals surface area contributed by atoms with Gasteiger partial charge in [0.15, 0.2) is 5.43 Å². The normalized spacial score (nSPS) is 11.1. The van der Waals surface area contributed by atoms with E-state index < -0.39 is 5.97 Å². The van der Waals surface area contributed by atoms with Gasteiger partial charge in [0, 0.05) is 11.5 Å². The van der Waals surface area contributed by atoms with E-state index in [9.17, 15) is 14.7 Å². The van der Waals surface area contributed by atoms with Gasteiger partial charge >= 0.3 is 5.97 Å². The van der Waals surface area contributed by atoms with E-state index in [2.05, 4.69) is 0 Å². The van der Waals surface area contributed by atoms with Gasteiger partial charge < -0.3 is 18.7 Å². The highest BCUT2D eigenvalue weighted by molar-refractivity contribution is 5.94. The summed E-state index contributed by atoms with van der Waals surface area (Å²) in [7, 11) is 0. The molecule has 6 heteroatoms. The molecule has 2 aromatic heterocycles. The van der Waals surface area contributed by atoms with E-state index >= 15 is 0 Å². The van der Waals surface area contributed by atoms with E-state index in [0.29, 0.717) is 33.1 Å². The number of carbonyl (C=O) groups is 1. The molecule has 0 aliphatic heterocycles. The van der Waals surface area contributed by atoms with Gasteiger partial charge in [0.05, 0.1) is 17.6 Å². The SMILES string of the molecule is CCOC(=O)c1cc2cc(-c3coc4cc(O)ccc4c3=O)ccc2o1. The van der Waals surface area contributed by atoms with Crippen LogP contribution in [0.15, 0.2) is 62.4 Å². The lowest BCUT2D eigenvalue weighted by Crippen LogP contribution is -2.04. The Morgan fingerprint density at radius 1 is 1.12 bits per heavy atom. The maximum atomic E-state index is 12.7. The first kappa shape index (κ1) is 16.0. The van der Waals surface area contributed by atoms with Crippen LogP contribution in [0.5, 0.6) is 5.75 Å². The minimum absolute atomic E-state index is 0.0275. The van der Waals surface area contributed by atoms with Crippen LogP contribution in [0.4, 0.5) is 0 Å². The van der Waals surface area contributed by atoms with E-state index in [4.69, 9.17) is 13.6 Å². The van der Waals surface area contributed by atoms with Crippen LogP contribution in [0, 0.1) is 0 Å². The molecule has 1 N–H and O–H groups in total. The molecule has 4 rings (SSSR count). The fraction of sp³-hybridized carbons (Fsp3) is 0.100. The Hall–Kier alpha value is -3.54. The number of phenolic OH excluding ortho intramolecular Hbond substituents is 1. The van der Waals surface area contributed by atoms with E-state index in [0.717, 1.165) is 0 Å². The number of benzene rings is 2. The maximum Gasteiger partial charge on any atom is 0.374 e. The molecule has 26 heavy (non-hydrogen) atoms. The predicted octanol–water partition coefficient (Wildman–Crippen LogP) is 4.09. The summed E-state index contributed by atoms with van der Waals surface area (Å²) in [6.07, 6.45) is 1.36. The monoisotopic (exact) mass is 350 g/mol. The number of fused-ring (bicyclic) bond motifs is 2. The number of rotatable bonds is 3. The van der Waals surface area contributed by atoms with E-state index in [-0.39, 0.29) is 23.5 Å². The molecule has 130 valence electrons. The maximum absolute atomic E-state index is 12.7. The highest BCUT2D eigenvalue weighted by atomic mass is 16.5. The van der Waals surface area contributed by atoms with Crippen molar-refractivity contribution in [2.45, 2.75) is 6.92 Å². The summed E-state index contributed by atoms with van der Waals surface area (Å²) in [5, 5.41) is 10.6. The molecule has 6 nitrogen and oxygen atoms in total. The molecule has 0 radical (unpaired) electrons. The second-order valence-electron chi connectivity index (χ2n) is 5.74. The van der Waals surface area contributed by atoms with Gasteiger partial charge in [-0.3, -0.25) is 4.79 Å². The zero-order valence-corrected chi connectivity index (χ0v) is 13.8. The summed E-state index contributed by atoms with van der Waals surface area (Å²) < 4.78 is 15.9. The Labute approximate surface area is 147 Å². The highest BCUT2D eigenvalue weighted by Gasteiger charge is 2.15. The van der Waals surface area contributed by atoms with Gasteiger partial charge in [-0.15, -0.1) is 0 Å². The summed E-state index contributed by atoms with van der Waals surface area (Å²) in [6, 6.07) is 11.1. The topological polar surface area (TPSA) is 89.9 Å². The second-order valence-corrected chi connectivity index (χ2v) is 5.74. The van der Waals surface area contributed by atoms with Gasteiger partial charge in [-0.1, -0.05) is 6.07 Å². The number of hydrogen-bond acceptors (Lipinski definition) is 6. The van der Waals surface area contributed by atoms with Gasteiger partial charge in [0.1, 0.15) is 23.2 Å². The van der Waals surface area contributed by atoms with Crippen molar-refractivity contribution in [3.8, 4) is 16.9 Å². The number of ether oxygens (including phenoxy) is 1. The first-order valence-electron chi connectivity index (χ1n) is 8.02. The van der Waals surface area contributed by atoms with Gasteiger partial charge in [-0.25, -0.2) is 4.79 Å². The van der Waals surface area contributed by atoms with Crippen LogP contribution < -0.4 is 5.43 Å². The zero-order valence-electron chi connectivity index (χ0n) is 13.8. The molecule has 0 atom stereocenters. The molecular formula is C20H14O6. The summed E-state index contributed by atoms with van der Waals surface area (Å²) in [5.41, 5.74) is 1.64. The number of carbonyl (C=O) groups excluding carboxylic acids is 1. The minimum Gasteiger partial charge on any atom is -0.508 e. The number of furan rings is 1.